The third kappa shape index (κ3) is 5.34. The Morgan fingerprint density at radius 2 is 1.83 bits per heavy atom. The van der Waals surface area contributed by atoms with Gasteiger partial charge in [-0.15, -0.1) is 0 Å². The van der Waals surface area contributed by atoms with Crippen LogP contribution in [0.15, 0.2) is 54.6 Å². The van der Waals surface area contributed by atoms with Crippen LogP contribution in [0.4, 0.5) is 10.1 Å². The van der Waals surface area contributed by atoms with Gasteiger partial charge in [0.2, 0.25) is 0 Å². The molecule has 0 saturated carbocycles. The van der Waals surface area contributed by atoms with Crippen molar-refractivity contribution in [1.82, 2.24) is 0 Å². The second-order valence-corrected chi connectivity index (χ2v) is 7.18. The summed E-state index contributed by atoms with van der Waals surface area (Å²) in [7, 11) is 1.53. The number of rotatable bonds is 8. The second kappa shape index (κ2) is 9.69. The minimum Gasteiger partial charge on any atom is -0.493 e. The number of ether oxygens (including phenoxy) is 2. The van der Waals surface area contributed by atoms with Crippen molar-refractivity contribution >= 4 is 34.9 Å². The van der Waals surface area contributed by atoms with E-state index in [1.54, 1.807) is 18.2 Å². The molecule has 0 aliphatic rings. The molecule has 0 heterocycles. The molecule has 0 amide bonds. The van der Waals surface area contributed by atoms with Crippen LogP contribution in [0.25, 0.3) is 0 Å². The van der Waals surface area contributed by atoms with Crippen LogP contribution >= 0.6 is 23.2 Å². The molecule has 5 nitrogen and oxygen atoms in total. The Labute approximate surface area is 183 Å². The predicted octanol–water partition coefficient (Wildman–Crippen LogP) is 6.03. The molecule has 0 atom stereocenters. The fraction of sp³-hybridized carbons (Fsp3) is 0.136. The molecule has 2 N–H and O–H groups in total. The normalized spacial score (nSPS) is 10.5. The Bertz CT molecular complexity index is 1070. The van der Waals surface area contributed by atoms with E-state index in [0.717, 1.165) is 5.56 Å². The van der Waals surface area contributed by atoms with E-state index in [1.165, 1.54) is 37.4 Å². The number of anilines is 1. The molecule has 3 rings (SSSR count). The van der Waals surface area contributed by atoms with Crippen LogP contribution in [0, 0.1) is 5.82 Å². The van der Waals surface area contributed by atoms with Crippen LogP contribution in [0.1, 0.15) is 21.5 Å². The highest BCUT2D eigenvalue weighted by molar-refractivity contribution is 6.33. The van der Waals surface area contributed by atoms with E-state index in [-0.39, 0.29) is 17.2 Å². The zero-order chi connectivity index (χ0) is 21.7. The van der Waals surface area contributed by atoms with Gasteiger partial charge in [0.1, 0.15) is 12.4 Å². The molecule has 8 heteroatoms. The lowest BCUT2D eigenvalue weighted by atomic mass is 10.1. The minimum absolute atomic E-state index is 0.141. The van der Waals surface area contributed by atoms with E-state index >= 15 is 0 Å². The van der Waals surface area contributed by atoms with Crippen LogP contribution in [0.2, 0.25) is 10.0 Å². The topological polar surface area (TPSA) is 67.8 Å². The zero-order valence-electron chi connectivity index (χ0n) is 15.9. The molecule has 0 aliphatic heterocycles. The Kier molecular flexibility index (Phi) is 7.03. The lowest BCUT2D eigenvalue weighted by Gasteiger charge is -2.14. The van der Waals surface area contributed by atoms with Gasteiger partial charge in [-0.1, -0.05) is 35.3 Å². The van der Waals surface area contributed by atoms with Crippen molar-refractivity contribution in [3.8, 4) is 11.5 Å². The summed E-state index contributed by atoms with van der Waals surface area (Å²) in [5, 5.41) is 12.9. The zero-order valence-corrected chi connectivity index (χ0v) is 17.4. The molecule has 0 fully saturated rings. The van der Waals surface area contributed by atoms with E-state index in [0.29, 0.717) is 34.3 Å². The van der Waals surface area contributed by atoms with Crippen molar-refractivity contribution in [2.75, 3.05) is 12.4 Å². The first-order valence-corrected chi connectivity index (χ1v) is 9.63. The van der Waals surface area contributed by atoms with Gasteiger partial charge >= 0.3 is 5.97 Å². The Morgan fingerprint density at radius 1 is 1.03 bits per heavy atom. The van der Waals surface area contributed by atoms with Crippen LogP contribution < -0.4 is 14.8 Å². The van der Waals surface area contributed by atoms with E-state index in [1.807, 2.05) is 6.07 Å². The summed E-state index contributed by atoms with van der Waals surface area (Å²) in [5.74, 6) is -0.420. The summed E-state index contributed by atoms with van der Waals surface area (Å²) in [5.41, 5.74) is 2.18. The number of carboxylic acid groups (broad SMARTS) is 1. The fourth-order valence-electron chi connectivity index (χ4n) is 2.73. The molecule has 0 unspecified atom stereocenters. The Hall–Kier alpha value is -2.96. The first-order valence-electron chi connectivity index (χ1n) is 8.87. The van der Waals surface area contributed by atoms with Gasteiger partial charge in [0.15, 0.2) is 11.5 Å². The molecule has 30 heavy (non-hydrogen) atoms. The second-order valence-electron chi connectivity index (χ2n) is 6.36. The van der Waals surface area contributed by atoms with Gasteiger partial charge in [-0.3, -0.25) is 0 Å². The summed E-state index contributed by atoms with van der Waals surface area (Å²) in [6.07, 6.45) is 0. The number of methoxy groups -OCH3 is 1. The average Bonchev–Trinajstić information content (AvgIpc) is 2.72. The quantitative estimate of drug-likeness (QED) is 0.439. The molecular weight excluding hydrogens is 432 g/mol. The standard InChI is InChI=1S/C22H18Cl2FNO4/c1-29-21-8-13(11-26-19-9-14(22(27)28)4-6-17(19)23)2-7-20(21)30-12-15-3-5-16(25)10-18(15)24/h2-10,26H,11-12H2,1H3,(H,27,28). The number of carbonyl (C=O) groups is 1. The fourth-order valence-corrected chi connectivity index (χ4v) is 3.13. The molecule has 0 saturated heterocycles. The van der Waals surface area contributed by atoms with Gasteiger partial charge in [0.05, 0.1) is 28.4 Å². The minimum atomic E-state index is -1.03. The molecule has 3 aromatic rings. The number of hydrogen-bond donors (Lipinski definition) is 2. The smallest absolute Gasteiger partial charge is 0.335 e. The summed E-state index contributed by atoms with van der Waals surface area (Å²) in [4.78, 5) is 11.1. The maximum atomic E-state index is 13.2. The van der Waals surface area contributed by atoms with Gasteiger partial charge in [-0.25, -0.2) is 9.18 Å². The third-order valence-corrected chi connectivity index (χ3v) is 5.00. The van der Waals surface area contributed by atoms with Crippen molar-refractivity contribution in [3.05, 3.63) is 87.2 Å². The highest BCUT2D eigenvalue weighted by Crippen LogP contribution is 2.31. The van der Waals surface area contributed by atoms with Crippen LogP contribution in [-0.4, -0.2) is 18.2 Å². The molecule has 0 aliphatic carbocycles. The van der Waals surface area contributed by atoms with Crippen molar-refractivity contribution in [2.24, 2.45) is 0 Å². The molecule has 0 spiro atoms. The summed E-state index contributed by atoms with van der Waals surface area (Å²) in [6, 6.07) is 14.0. The first-order chi connectivity index (χ1) is 14.4. The molecule has 0 bridgehead atoms. The van der Waals surface area contributed by atoms with Gasteiger partial charge in [0, 0.05) is 12.1 Å². The number of halogens is 3. The molecular formula is C22H18Cl2FNO4. The van der Waals surface area contributed by atoms with Crippen LogP contribution in [0.5, 0.6) is 11.5 Å². The van der Waals surface area contributed by atoms with Crippen molar-refractivity contribution in [1.29, 1.82) is 0 Å². The lowest BCUT2D eigenvalue weighted by Crippen LogP contribution is -2.04. The summed E-state index contributed by atoms with van der Waals surface area (Å²) in [6.45, 7) is 0.549. The monoisotopic (exact) mass is 449 g/mol. The third-order valence-electron chi connectivity index (χ3n) is 4.32. The maximum Gasteiger partial charge on any atom is 0.335 e. The number of nitrogens with one attached hydrogen (secondary N) is 1. The van der Waals surface area contributed by atoms with Gasteiger partial charge in [-0.2, -0.15) is 0 Å². The number of benzene rings is 3. The molecule has 0 radical (unpaired) electrons. The van der Waals surface area contributed by atoms with Crippen molar-refractivity contribution in [3.63, 3.8) is 0 Å². The van der Waals surface area contributed by atoms with E-state index < -0.39 is 11.8 Å². The molecule has 0 aromatic heterocycles. The maximum absolute atomic E-state index is 13.2. The Balaban J connectivity index is 1.69. The number of carboxylic acids is 1. The number of hydrogen-bond acceptors (Lipinski definition) is 4. The lowest BCUT2D eigenvalue weighted by molar-refractivity contribution is 0.0697. The van der Waals surface area contributed by atoms with Crippen LogP contribution in [0.3, 0.4) is 0 Å². The van der Waals surface area contributed by atoms with E-state index in [2.05, 4.69) is 5.32 Å². The SMILES string of the molecule is COc1cc(CNc2cc(C(=O)O)ccc2Cl)ccc1OCc1ccc(F)cc1Cl. The molecule has 3 aromatic carbocycles. The van der Waals surface area contributed by atoms with Crippen LogP contribution in [-0.2, 0) is 13.2 Å². The Morgan fingerprint density at radius 3 is 2.53 bits per heavy atom. The first kappa shape index (κ1) is 21.7. The van der Waals surface area contributed by atoms with E-state index in [9.17, 15) is 9.18 Å². The summed E-state index contributed by atoms with van der Waals surface area (Å²) >= 11 is 12.2. The predicted molar refractivity (Wildman–Crippen MR) is 114 cm³/mol. The van der Waals surface area contributed by atoms with Gasteiger partial charge in [0.25, 0.3) is 0 Å². The average molecular weight is 450 g/mol. The highest BCUT2D eigenvalue weighted by atomic mass is 35.5. The molecule has 156 valence electrons. The van der Waals surface area contributed by atoms with Crippen molar-refractivity contribution < 1.29 is 23.8 Å². The largest absolute Gasteiger partial charge is 0.493 e. The van der Waals surface area contributed by atoms with E-state index in [4.69, 9.17) is 37.8 Å². The highest BCUT2D eigenvalue weighted by Gasteiger charge is 2.10. The summed E-state index contributed by atoms with van der Waals surface area (Å²) < 4.78 is 24.3. The van der Waals surface area contributed by atoms with Gasteiger partial charge in [-0.05, 0) is 48.0 Å². The van der Waals surface area contributed by atoms with Gasteiger partial charge < -0.3 is 19.9 Å². The number of aromatic carboxylic acids is 1. The van der Waals surface area contributed by atoms with Crippen molar-refractivity contribution in [2.45, 2.75) is 13.2 Å².